The lowest BCUT2D eigenvalue weighted by atomic mass is 10.4. The van der Waals surface area contributed by atoms with Gasteiger partial charge in [-0.05, 0) is 0 Å². The Morgan fingerprint density at radius 3 is 2.64 bits per heavy atom. The fraction of sp³-hybridized carbons (Fsp3) is 0.643. The van der Waals surface area contributed by atoms with Crippen molar-refractivity contribution in [3.63, 3.8) is 0 Å². The summed E-state index contributed by atoms with van der Waals surface area (Å²) >= 11 is 0. The second-order valence-corrected chi connectivity index (χ2v) is 5.12. The van der Waals surface area contributed by atoms with E-state index in [1.807, 2.05) is 0 Å². The number of aromatic nitrogens is 3. The lowest BCUT2D eigenvalue weighted by Gasteiger charge is -2.12. The average Bonchev–Trinajstić information content (AvgIpc) is 3.17. The van der Waals surface area contributed by atoms with Crippen LogP contribution in [-0.4, -0.2) is 64.3 Å². The van der Waals surface area contributed by atoms with Gasteiger partial charge in [-0.25, -0.2) is 13.9 Å². The van der Waals surface area contributed by atoms with Gasteiger partial charge in [-0.2, -0.15) is 0 Å². The third kappa shape index (κ3) is 6.19. The molecule has 0 aromatic carbocycles. The first-order chi connectivity index (χ1) is 12.1. The first kappa shape index (κ1) is 18.9. The molecule has 138 valence electrons. The number of rotatable bonds is 11. The SMILES string of the molecule is O=C(CCOCc1cn(CCOCC[18F])nn1)ON1C(=O)CCC1=O. The van der Waals surface area contributed by atoms with Crippen LogP contribution in [-0.2, 0) is 41.8 Å². The molecule has 10 nitrogen and oxygen atoms in total. The Kier molecular flexibility index (Phi) is 7.41. The van der Waals surface area contributed by atoms with Gasteiger partial charge < -0.3 is 14.3 Å². The van der Waals surface area contributed by atoms with Gasteiger partial charge in [0.2, 0.25) is 0 Å². The molecule has 0 bridgehead atoms. The molecule has 11 heteroatoms. The first-order valence-corrected chi connectivity index (χ1v) is 7.77. The minimum absolute atomic E-state index is 0.0432. The predicted octanol–water partition coefficient (Wildman–Crippen LogP) is -0.222. The lowest BCUT2D eigenvalue weighted by Crippen LogP contribution is -2.32. The quantitative estimate of drug-likeness (QED) is 0.394. The van der Waals surface area contributed by atoms with Crippen molar-refractivity contribution in [1.82, 2.24) is 20.1 Å². The first-order valence-electron chi connectivity index (χ1n) is 7.77. The summed E-state index contributed by atoms with van der Waals surface area (Å²) in [6, 6.07) is 0. The molecule has 25 heavy (non-hydrogen) atoms. The second-order valence-electron chi connectivity index (χ2n) is 5.12. The summed E-state index contributed by atoms with van der Waals surface area (Å²) in [6.07, 6.45) is 1.65. The molecule has 1 fully saturated rings. The fourth-order valence-electron chi connectivity index (χ4n) is 1.97. The predicted molar refractivity (Wildman–Crippen MR) is 78.3 cm³/mol. The van der Waals surface area contributed by atoms with Crippen LogP contribution < -0.4 is 0 Å². The van der Waals surface area contributed by atoms with Crippen molar-refractivity contribution < 1.29 is 33.1 Å². The van der Waals surface area contributed by atoms with Gasteiger partial charge in [0.1, 0.15) is 12.4 Å². The maximum atomic E-state index is 11.9. The fourth-order valence-corrected chi connectivity index (χ4v) is 1.97. The molecule has 0 unspecified atom stereocenters. The normalized spacial score (nSPS) is 14.4. The minimum atomic E-state index is -0.725. The summed E-state index contributed by atoms with van der Waals surface area (Å²) < 4.78 is 23.7. The number of hydrogen-bond acceptors (Lipinski definition) is 8. The van der Waals surface area contributed by atoms with E-state index in [9.17, 15) is 18.8 Å². The Balaban J connectivity index is 1.59. The maximum Gasteiger partial charge on any atom is 0.335 e. The van der Waals surface area contributed by atoms with Gasteiger partial charge in [0.15, 0.2) is 0 Å². The van der Waals surface area contributed by atoms with Crippen LogP contribution >= 0.6 is 0 Å². The molecule has 2 rings (SSSR count). The van der Waals surface area contributed by atoms with Gasteiger partial charge in [-0.3, -0.25) is 9.59 Å². The number of carbonyl (C=O) groups excluding carboxylic acids is 3. The molecule has 1 aliphatic rings. The molecule has 1 aromatic rings. The number of carbonyl (C=O) groups is 3. The summed E-state index contributed by atoms with van der Waals surface area (Å²) in [6.45, 7) is 0.473. The Labute approximate surface area is 142 Å². The van der Waals surface area contributed by atoms with Gasteiger partial charge in [0.25, 0.3) is 11.8 Å². The molecule has 0 aliphatic carbocycles. The third-order valence-electron chi connectivity index (χ3n) is 3.17. The largest absolute Gasteiger partial charge is 0.377 e. The second kappa shape index (κ2) is 9.79. The number of ether oxygens (including phenoxy) is 2. The Hall–Kier alpha value is -2.40. The van der Waals surface area contributed by atoms with Crippen LogP contribution in [0.1, 0.15) is 25.0 Å². The van der Waals surface area contributed by atoms with Crippen molar-refractivity contribution >= 4 is 17.8 Å². The number of halogens is 1. The molecule has 0 N–H and O–H groups in total. The summed E-state index contributed by atoms with van der Waals surface area (Å²) in [4.78, 5) is 38.9. The standard InChI is InChI=1S/C14H19FN4O6/c15-4-7-23-8-5-18-9-11(16-17-18)10-24-6-3-14(22)25-19-12(20)1-2-13(19)21/h9H,1-8,10H2/i15-1. The molecule has 0 radical (unpaired) electrons. The summed E-state index contributed by atoms with van der Waals surface area (Å²) in [5.74, 6) is -1.77. The topological polar surface area (TPSA) is 113 Å². The van der Waals surface area contributed by atoms with Crippen molar-refractivity contribution in [2.24, 2.45) is 0 Å². The molecule has 2 amide bonds. The van der Waals surface area contributed by atoms with Crippen molar-refractivity contribution in [2.45, 2.75) is 32.4 Å². The summed E-state index contributed by atoms with van der Waals surface area (Å²) in [7, 11) is 0. The van der Waals surface area contributed by atoms with Gasteiger partial charge in [-0.15, -0.1) is 10.2 Å². The van der Waals surface area contributed by atoms with Crippen molar-refractivity contribution in [3.05, 3.63) is 11.9 Å². The van der Waals surface area contributed by atoms with Crippen LogP contribution in [0.2, 0.25) is 0 Å². The van der Waals surface area contributed by atoms with E-state index in [0.29, 0.717) is 23.9 Å². The molecule has 1 aliphatic heterocycles. The van der Waals surface area contributed by atoms with Crippen LogP contribution in [0.3, 0.4) is 0 Å². The Morgan fingerprint density at radius 2 is 1.92 bits per heavy atom. The summed E-state index contributed by atoms with van der Waals surface area (Å²) in [5, 5.41) is 8.23. The van der Waals surface area contributed by atoms with Gasteiger partial charge in [-0.1, -0.05) is 5.21 Å². The number of nitrogens with zero attached hydrogens (tertiary/aromatic N) is 4. The molecule has 0 saturated carbocycles. The molecular formula is C14H19FN4O6. The van der Waals surface area contributed by atoms with Crippen LogP contribution in [0.5, 0.6) is 0 Å². The van der Waals surface area contributed by atoms with Crippen molar-refractivity contribution in [1.29, 1.82) is 0 Å². The van der Waals surface area contributed by atoms with Gasteiger partial charge in [0, 0.05) is 12.8 Å². The van der Waals surface area contributed by atoms with E-state index in [2.05, 4.69) is 10.3 Å². The van der Waals surface area contributed by atoms with E-state index in [4.69, 9.17) is 14.3 Å². The number of hydroxylamine groups is 2. The highest BCUT2D eigenvalue weighted by Gasteiger charge is 2.32. The maximum absolute atomic E-state index is 11.9. The van der Waals surface area contributed by atoms with Gasteiger partial charge in [0.05, 0.1) is 45.6 Å². The van der Waals surface area contributed by atoms with Crippen molar-refractivity contribution in [2.75, 3.05) is 26.5 Å². The smallest absolute Gasteiger partial charge is 0.335 e. The molecule has 2 heterocycles. The number of amides is 2. The van der Waals surface area contributed by atoms with E-state index in [0.717, 1.165) is 0 Å². The van der Waals surface area contributed by atoms with Crippen LogP contribution in [0.25, 0.3) is 0 Å². The van der Waals surface area contributed by atoms with E-state index in [1.165, 1.54) is 4.68 Å². The van der Waals surface area contributed by atoms with Crippen LogP contribution in [0.4, 0.5) is 4.39 Å². The zero-order valence-electron chi connectivity index (χ0n) is 13.6. The highest BCUT2D eigenvalue weighted by atomic mass is 18.2. The Bertz CT molecular complexity index is 592. The number of hydrogen-bond donors (Lipinski definition) is 0. The third-order valence-corrected chi connectivity index (χ3v) is 3.17. The highest BCUT2D eigenvalue weighted by Crippen LogP contribution is 2.12. The van der Waals surface area contributed by atoms with Crippen molar-refractivity contribution in [3.8, 4) is 0 Å². The van der Waals surface area contributed by atoms with Crippen LogP contribution in [0, 0.1) is 0 Å². The molecular weight excluding hydrogens is 338 g/mol. The Morgan fingerprint density at radius 1 is 1.16 bits per heavy atom. The zero-order valence-corrected chi connectivity index (χ0v) is 13.6. The average molecular weight is 357 g/mol. The van der Waals surface area contributed by atoms with Crippen LogP contribution in [0.15, 0.2) is 6.20 Å². The van der Waals surface area contributed by atoms with E-state index < -0.39 is 24.5 Å². The van der Waals surface area contributed by atoms with E-state index in [1.54, 1.807) is 6.20 Å². The monoisotopic (exact) mass is 357 g/mol. The molecule has 0 spiro atoms. The minimum Gasteiger partial charge on any atom is -0.377 e. The zero-order chi connectivity index (χ0) is 18.1. The molecule has 1 saturated heterocycles. The van der Waals surface area contributed by atoms with Gasteiger partial charge >= 0.3 is 5.97 Å². The number of imide groups is 1. The number of alkyl halides is 1. The molecule has 0 atom stereocenters. The van der Waals surface area contributed by atoms with E-state index >= 15 is 0 Å². The summed E-state index contributed by atoms with van der Waals surface area (Å²) in [5.41, 5.74) is 0.559. The lowest BCUT2D eigenvalue weighted by molar-refractivity contribution is -0.198. The highest BCUT2D eigenvalue weighted by molar-refractivity contribution is 6.01. The molecule has 1 aromatic heterocycles. The van der Waals surface area contributed by atoms with E-state index in [-0.39, 0.29) is 39.1 Å².